The maximum atomic E-state index is 13.2. The summed E-state index contributed by atoms with van der Waals surface area (Å²) in [4.78, 5) is 14.1. The summed E-state index contributed by atoms with van der Waals surface area (Å²) < 4.78 is 26.1. The Morgan fingerprint density at radius 3 is 2.45 bits per heavy atom. The van der Waals surface area contributed by atoms with E-state index in [0.29, 0.717) is 17.6 Å². The van der Waals surface area contributed by atoms with Gasteiger partial charge in [0.15, 0.2) is 11.6 Å². The zero-order chi connectivity index (χ0) is 15.0. The van der Waals surface area contributed by atoms with Crippen molar-refractivity contribution in [2.24, 2.45) is 0 Å². The molecule has 2 aliphatic rings. The summed E-state index contributed by atoms with van der Waals surface area (Å²) in [7, 11) is 1.82. The molecule has 2 fully saturated rings. The standard InChI is InChI=1S/C16H20F2N2O.ClH/c1-20(13-8-11-3-4-12(9-13)19-11)16(21)7-10-2-5-14(17)15(18)6-10;/h2,5-6,11-13,19H,3-4,7-9H2,1H3;1H. The van der Waals surface area contributed by atoms with Gasteiger partial charge in [-0.15, -0.1) is 12.4 Å². The van der Waals surface area contributed by atoms with Gasteiger partial charge in [-0.25, -0.2) is 8.78 Å². The third-order valence-corrected chi connectivity index (χ3v) is 4.73. The van der Waals surface area contributed by atoms with Crippen LogP contribution in [0.3, 0.4) is 0 Å². The first-order chi connectivity index (χ1) is 10.0. The molecule has 3 nitrogen and oxygen atoms in total. The van der Waals surface area contributed by atoms with Gasteiger partial charge in [0.25, 0.3) is 0 Å². The molecule has 2 saturated heterocycles. The van der Waals surface area contributed by atoms with Gasteiger partial charge in [-0.3, -0.25) is 4.79 Å². The number of amides is 1. The highest BCUT2D eigenvalue weighted by atomic mass is 35.5. The Morgan fingerprint density at radius 2 is 1.86 bits per heavy atom. The first-order valence-corrected chi connectivity index (χ1v) is 7.48. The second-order valence-corrected chi connectivity index (χ2v) is 6.19. The second kappa shape index (κ2) is 6.92. The molecule has 2 heterocycles. The Labute approximate surface area is 135 Å². The summed E-state index contributed by atoms with van der Waals surface area (Å²) in [6.45, 7) is 0. The highest BCUT2D eigenvalue weighted by Gasteiger charge is 2.36. The Balaban J connectivity index is 0.00000176. The van der Waals surface area contributed by atoms with E-state index in [1.54, 1.807) is 4.90 Å². The van der Waals surface area contributed by atoms with Crippen molar-refractivity contribution >= 4 is 18.3 Å². The Hall–Kier alpha value is -1.20. The smallest absolute Gasteiger partial charge is 0.226 e. The molecule has 22 heavy (non-hydrogen) atoms. The molecule has 6 heteroatoms. The molecule has 0 aromatic heterocycles. The highest BCUT2D eigenvalue weighted by molar-refractivity contribution is 5.85. The maximum Gasteiger partial charge on any atom is 0.226 e. The second-order valence-electron chi connectivity index (χ2n) is 6.19. The van der Waals surface area contributed by atoms with Gasteiger partial charge in [0.2, 0.25) is 5.91 Å². The van der Waals surface area contributed by atoms with Crippen LogP contribution in [-0.4, -0.2) is 36.0 Å². The minimum Gasteiger partial charge on any atom is -0.342 e. The Morgan fingerprint density at radius 1 is 1.23 bits per heavy atom. The summed E-state index contributed by atoms with van der Waals surface area (Å²) in [5.74, 6) is -1.82. The number of likely N-dealkylation sites (N-methyl/N-ethyl adjacent to an activating group) is 1. The topological polar surface area (TPSA) is 32.3 Å². The number of carbonyl (C=O) groups excluding carboxylic acids is 1. The van der Waals surface area contributed by atoms with Gasteiger partial charge in [0.1, 0.15) is 0 Å². The number of fused-ring (bicyclic) bond motifs is 2. The molecule has 1 amide bonds. The van der Waals surface area contributed by atoms with E-state index in [2.05, 4.69) is 5.32 Å². The molecule has 2 unspecified atom stereocenters. The lowest BCUT2D eigenvalue weighted by molar-refractivity contribution is -0.131. The first-order valence-electron chi connectivity index (χ1n) is 7.48. The molecular formula is C16H21ClF2N2O. The van der Waals surface area contributed by atoms with Gasteiger partial charge in [-0.05, 0) is 43.4 Å². The number of hydrogen-bond acceptors (Lipinski definition) is 2. The fourth-order valence-electron chi connectivity index (χ4n) is 3.50. The van der Waals surface area contributed by atoms with Gasteiger partial charge < -0.3 is 10.2 Å². The zero-order valence-electron chi connectivity index (χ0n) is 12.5. The van der Waals surface area contributed by atoms with Crippen LogP contribution in [0.15, 0.2) is 18.2 Å². The lowest BCUT2D eigenvalue weighted by Gasteiger charge is -2.35. The van der Waals surface area contributed by atoms with E-state index in [1.807, 2.05) is 7.05 Å². The molecule has 0 spiro atoms. The van der Waals surface area contributed by atoms with Crippen molar-refractivity contribution in [1.82, 2.24) is 10.2 Å². The van der Waals surface area contributed by atoms with Crippen molar-refractivity contribution < 1.29 is 13.6 Å². The van der Waals surface area contributed by atoms with Crippen LogP contribution < -0.4 is 5.32 Å². The fraction of sp³-hybridized carbons (Fsp3) is 0.562. The van der Waals surface area contributed by atoms with Gasteiger partial charge in [0, 0.05) is 25.2 Å². The van der Waals surface area contributed by atoms with Crippen LogP contribution in [0.25, 0.3) is 0 Å². The van der Waals surface area contributed by atoms with E-state index >= 15 is 0 Å². The van der Waals surface area contributed by atoms with Crippen LogP contribution in [0.1, 0.15) is 31.2 Å². The first kappa shape index (κ1) is 17.2. The normalized spacial score (nSPS) is 26.4. The van der Waals surface area contributed by atoms with E-state index in [4.69, 9.17) is 0 Å². The molecule has 1 aromatic rings. The van der Waals surface area contributed by atoms with Crippen LogP contribution in [0.4, 0.5) is 8.78 Å². The quantitative estimate of drug-likeness (QED) is 0.924. The SMILES string of the molecule is CN(C(=O)Cc1ccc(F)c(F)c1)C1CC2CCC(C1)N2.Cl. The molecule has 122 valence electrons. The van der Waals surface area contributed by atoms with Crippen molar-refractivity contribution in [3.8, 4) is 0 Å². The highest BCUT2D eigenvalue weighted by Crippen LogP contribution is 2.29. The van der Waals surface area contributed by atoms with Crippen molar-refractivity contribution in [2.45, 2.75) is 50.2 Å². The van der Waals surface area contributed by atoms with E-state index < -0.39 is 11.6 Å². The molecule has 0 aliphatic carbocycles. The fourth-order valence-corrected chi connectivity index (χ4v) is 3.50. The molecular weight excluding hydrogens is 310 g/mol. The summed E-state index contributed by atoms with van der Waals surface area (Å²) in [6, 6.07) is 4.94. The number of halogens is 3. The third-order valence-electron chi connectivity index (χ3n) is 4.73. The molecule has 0 radical (unpaired) electrons. The number of carbonyl (C=O) groups is 1. The summed E-state index contributed by atoms with van der Waals surface area (Å²) in [5.41, 5.74) is 0.516. The molecule has 0 saturated carbocycles. The van der Waals surface area contributed by atoms with Crippen LogP contribution in [0.5, 0.6) is 0 Å². The molecule has 2 bridgehead atoms. The monoisotopic (exact) mass is 330 g/mol. The van der Waals surface area contributed by atoms with E-state index in [-0.39, 0.29) is 30.8 Å². The van der Waals surface area contributed by atoms with Gasteiger partial charge >= 0.3 is 0 Å². The van der Waals surface area contributed by atoms with Crippen LogP contribution in [0.2, 0.25) is 0 Å². The number of piperidine rings is 1. The van der Waals surface area contributed by atoms with Gasteiger partial charge in [0.05, 0.1) is 6.42 Å². The Kier molecular flexibility index (Phi) is 5.40. The van der Waals surface area contributed by atoms with Gasteiger partial charge in [-0.1, -0.05) is 6.07 Å². The Bertz CT molecular complexity index is 543. The lowest BCUT2D eigenvalue weighted by atomic mass is 9.98. The molecule has 2 atom stereocenters. The maximum absolute atomic E-state index is 13.2. The number of nitrogens with zero attached hydrogens (tertiary/aromatic N) is 1. The number of nitrogens with one attached hydrogen (secondary N) is 1. The van der Waals surface area contributed by atoms with Crippen LogP contribution >= 0.6 is 12.4 Å². The predicted molar refractivity (Wildman–Crippen MR) is 83.0 cm³/mol. The number of rotatable bonds is 3. The van der Waals surface area contributed by atoms with E-state index in [0.717, 1.165) is 25.0 Å². The van der Waals surface area contributed by atoms with Crippen molar-refractivity contribution in [3.05, 3.63) is 35.4 Å². The number of benzene rings is 1. The number of hydrogen-bond donors (Lipinski definition) is 1. The summed E-state index contributed by atoms with van der Waals surface area (Å²) in [5, 5.41) is 3.55. The van der Waals surface area contributed by atoms with Crippen molar-refractivity contribution in [1.29, 1.82) is 0 Å². The molecule has 1 aromatic carbocycles. The average molecular weight is 331 g/mol. The van der Waals surface area contributed by atoms with E-state index in [9.17, 15) is 13.6 Å². The molecule has 1 N–H and O–H groups in total. The molecule has 3 rings (SSSR count). The largest absolute Gasteiger partial charge is 0.342 e. The van der Waals surface area contributed by atoms with Crippen molar-refractivity contribution in [3.63, 3.8) is 0 Å². The minimum atomic E-state index is -0.900. The minimum absolute atomic E-state index is 0. The predicted octanol–water partition coefficient (Wildman–Crippen LogP) is 2.67. The third kappa shape index (κ3) is 3.58. The zero-order valence-corrected chi connectivity index (χ0v) is 13.3. The van der Waals surface area contributed by atoms with Gasteiger partial charge in [-0.2, -0.15) is 0 Å². The molecule has 2 aliphatic heterocycles. The lowest BCUT2D eigenvalue weighted by Crippen LogP contribution is -2.49. The van der Waals surface area contributed by atoms with Crippen LogP contribution in [-0.2, 0) is 11.2 Å². The summed E-state index contributed by atoms with van der Waals surface area (Å²) in [6.07, 6.45) is 4.46. The van der Waals surface area contributed by atoms with Crippen molar-refractivity contribution in [2.75, 3.05) is 7.05 Å². The van der Waals surface area contributed by atoms with E-state index in [1.165, 1.54) is 18.9 Å². The average Bonchev–Trinajstić information content (AvgIpc) is 2.80. The summed E-state index contributed by atoms with van der Waals surface area (Å²) >= 11 is 0. The van der Waals surface area contributed by atoms with Crippen LogP contribution in [0, 0.1) is 11.6 Å².